The molecule has 3 N–H and O–H groups in total. The molecule has 1 aromatic carbocycles. The number of furan rings is 1. The first kappa shape index (κ1) is 20.1. The Morgan fingerprint density at radius 1 is 1.09 bits per heavy atom. The molecule has 0 radical (unpaired) electrons. The lowest BCUT2D eigenvalue weighted by atomic mass is 9.89. The number of benzene rings is 1. The Kier molecular flexibility index (Phi) is 5.23. The van der Waals surface area contributed by atoms with Gasteiger partial charge in [0, 0.05) is 40.7 Å². The van der Waals surface area contributed by atoms with Crippen molar-refractivity contribution in [3.8, 4) is 16.9 Å². The number of fused-ring (bicyclic) bond motifs is 1. The van der Waals surface area contributed by atoms with E-state index < -0.39 is 5.91 Å². The van der Waals surface area contributed by atoms with Gasteiger partial charge in [0.15, 0.2) is 0 Å². The second-order valence-corrected chi connectivity index (χ2v) is 8.21. The van der Waals surface area contributed by atoms with Gasteiger partial charge in [-0.15, -0.1) is 0 Å². The molecule has 0 unspecified atom stereocenters. The number of aromatic nitrogens is 1. The van der Waals surface area contributed by atoms with Crippen molar-refractivity contribution in [1.82, 2.24) is 15.6 Å². The molecule has 162 valence electrons. The second-order valence-electron chi connectivity index (χ2n) is 8.21. The molecule has 7 heteroatoms. The summed E-state index contributed by atoms with van der Waals surface area (Å²) in [5.41, 5.74) is 4.68. The van der Waals surface area contributed by atoms with E-state index in [2.05, 4.69) is 15.6 Å². The van der Waals surface area contributed by atoms with Crippen LogP contribution in [0.3, 0.4) is 0 Å². The van der Waals surface area contributed by atoms with Crippen molar-refractivity contribution in [2.45, 2.75) is 38.1 Å². The summed E-state index contributed by atoms with van der Waals surface area (Å²) >= 11 is 0. The number of hydrogen-bond acceptors (Lipinski definition) is 6. The summed E-state index contributed by atoms with van der Waals surface area (Å²) in [6.45, 7) is 0.307. The van der Waals surface area contributed by atoms with Crippen LogP contribution in [0.4, 0.5) is 0 Å². The second kappa shape index (κ2) is 8.34. The Morgan fingerprint density at radius 3 is 2.69 bits per heavy atom. The van der Waals surface area contributed by atoms with Crippen LogP contribution in [0.25, 0.3) is 16.7 Å². The third kappa shape index (κ3) is 3.77. The summed E-state index contributed by atoms with van der Waals surface area (Å²) in [6, 6.07) is 9.12. The SMILES string of the molecule is O=C1NC(=O)c2ccc(C3CCCC3)cc2/C1=C\NCc1cc(O)c(-c2ccoc2)cn1. The molecule has 3 heterocycles. The molecule has 2 aliphatic rings. The van der Waals surface area contributed by atoms with Gasteiger partial charge in [-0.1, -0.05) is 18.9 Å². The molecule has 32 heavy (non-hydrogen) atoms. The van der Waals surface area contributed by atoms with Crippen LogP contribution in [-0.4, -0.2) is 21.9 Å². The maximum atomic E-state index is 12.6. The molecule has 3 aromatic rings. The minimum absolute atomic E-state index is 0.0958. The van der Waals surface area contributed by atoms with Gasteiger partial charge in [0.1, 0.15) is 5.75 Å². The number of nitrogens with one attached hydrogen (secondary N) is 2. The highest BCUT2D eigenvalue weighted by Crippen LogP contribution is 2.36. The van der Waals surface area contributed by atoms with E-state index in [-0.39, 0.29) is 11.7 Å². The third-order valence-corrected chi connectivity index (χ3v) is 6.18. The Labute approximate surface area is 185 Å². The molecular formula is C25H23N3O4. The van der Waals surface area contributed by atoms with Gasteiger partial charge in [0.05, 0.1) is 30.3 Å². The highest BCUT2D eigenvalue weighted by Gasteiger charge is 2.28. The smallest absolute Gasteiger partial charge is 0.260 e. The molecule has 5 rings (SSSR count). The predicted molar refractivity (Wildman–Crippen MR) is 119 cm³/mol. The van der Waals surface area contributed by atoms with Gasteiger partial charge >= 0.3 is 0 Å². The molecule has 0 spiro atoms. The van der Waals surface area contributed by atoms with Gasteiger partial charge in [0.2, 0.25) is 0 Å². The summed E-state index contributed by atoms with van der Waals surface area (Å²) in [7, 11) is 0. The maximum Gasteiger partial charge on any atom is 0.260 e. The van der Waals surface area contributed by atoms with Crippen LogP contribution in [0.2, 0.25) is 0 Å². The van der Waals surface area contributed by atoms with E-state index in [4.69, 9.17) is 4.42 Å². The molecule has 1 aliphatic heterocycles. The fraction of sp³-hybridized carbons (Fsp3) is 0.240. The summed E-state index contributed by atoms with van der Waals surface area (Å²) in [4.78, 5) is 29.3. The number of pyridine rings is 1. The lowest BCUT2D eigenvalue weighted by molar-refractivity contribution is -0.114. The van der Waals surface area contributed by atoms with E-state index in [0.29, 0.717) is 40.4 Å². The number of hydrogen-bond donors (Lipinski definition) is 3. The van der Waals surface area contributed by atoms with Gasteiger partial charge < -0.3 is 14.8 Å². The van der Waals surface area contributed by atoms with E-state index in [1.54, 1.807) is 30.8 Å². The Bertz CT molecular complexity index is 1210. The first-order valence-corrected chi connectivity index (χ1v) is 10.7. The number of carbonyl (C=O) groups excluding carboxylic acids is 2. The molecule has 1 saturated carbocycles. The molecule has 1 aliphatic carbocycles. The Hall–Kier alpha value is -3.87. The predicted octanol–water partition coefficient (Wildman–Crippen LogP) is 4.11. The standard InChI is InChI=1S/C25H23N3O4/c29-23-10-18(27-13-21(23)17-7-8-32-14-17)11-26-12-22-20-9-16(15-3-1-2-4-15)5-6-19(20)24(30)28-25(22)31/h5-10,12-15,26H,1-4,11H2,(H,27,29)(H,28,30,31)/b22-12+. The first-order chi connectivity index (χ1) is 15.6. The molecule has 2 amide bonds. The zero-order chi connectivity index (χ0) is 22.1. The van der Waals surface area contributed by atoms with Gasteiger partial charge in [-0.05, 0) is 42.5 Å². The third-order valence-electron chi connectivity index (χ3n) is 6.18. The molecule has 1 fully saturated rings. The van der Waals surface area contributed by atoms with Crippen LogP contribution < -0.4 is 10.6 Å². The lowest BCUT2D eigenvalue weighted by Crippen LogP contribution is -2.37. The van der Waals surface area contributed by atoms with Gasteiger partial charge in [0.25, 0.3) is 11.8 Å². The minimum Gasteiger partial charge on any atom is -0.507 e. The van der Waals surface area contributed by atoms with Crippen LogP contribution in [0.5, 0.6) is 5.75 Å². The topological polar surface area (TPSA) is 104 Å². The fourth-order valence-corrected chi connectivity index (χ4v) is 4.48. The van der Waals surface area contributed by atoms with Crippen LogP contribution in [-0.2, 0) is 11.3 Å². The highest BCUT2D eigenvalue weighted by atomic mass is 16.3. The molecule has 2 aromatic heterocycles. The van der Waals surface area contributed by atoms with Gasteiger partial charge in [-0.25, -0.2) is 0 Å². The summed E-state index contributed by atoms with van der Waals surface area (Å²) < 4.78 is 5.05. The average molecular weight is 429 g/mol. The monoisotopic (exact) mass is 429 g/mol. The minimum atomic E-state index is -0.426. The van der Waals surface area contributed by atoms with Crippen molar-refractivity contribution < 1.29 is 19.1 Å². The number of imide groups is 1. The van der Waals surface area contributed by atoms with Crippen molar-refractivity contribution in [1.29, 1.82) is 0 Å². The average Bonchev–Trinajstić information content (AvgIpc) is 3.50. The van der Waals surface area contributed by atoms with E-state index in [9.17, 15) is 14.7 Å². The number of nitrogens with zero attached hydrogens (tertiary/aromatic N) is 1. The Morgan fingerprint density at radius 2 is 1.94 bits per heavy atom. The molecule has 7 nitrogen and oxygen atoms in total. The summed E-state index contributed by atoms with van der Waals surface area (Å²) in [6.07, 6.45) is 11.0. The normalized spacial score (nSPS) is 17.4. The van der Waals surface area contributed by atoms with Crippen LogP contribution in [0.15, 0.2) is 59.7 Å². The van der Waals surface area contributed by atoms with E-state index >= 15 is 0 Å². The number of amides is 2. The molecule has 0 saturated heterocycles. The fourth-order valence-electron chi connectivity index (χ4n) is 4.48. The molecular weight excluding hydrogens is 406 g/mol. The highest BCUT2D eigenvalue weighted by molar-refractivity contribution is 6.31. The van der Waals surface area contributed by atoms with E-state index in [1.807, 2.05) is 18.2 Å². The largest absolute Gasteiger partial charge is 0.507 e. The molecule has 0 bridgehead atoms. The van der Waals surface area contributed by atoms with Crippen molar-refractivity contribution >= 4 is 17.4 Å². The van der Waals surface area contributed by atoms with Crippen molar-refractivity contribution in [2.24, 2.45) is 0 Å². The van der Waals surface area contributed by atoms with Crippen molar-refractivity contribution in [3.05, 3.63) is 77.6 Å². The molecule has 0 atom stereocenters. The lowest BCUT2D eigenvalue weighted by Gasteiger charge is -2.21. The zero-order valence-electron chi connectivity index (χ0n) is 17.4. The van der Waals surface area contributed by atoms with Crippen molar-refractivity contribution in [3.63, 3.8) is 0 Å². The van der Waals surface area contributed by atoms with Crippen molar-refractivity contribution in [2.75, 3.05) is 0 Å². The van der Waals surface area contributed by atoms with Crippen LogP contribution >= 0.6 is 0 Å². The van der Waals surface area contributed by atoms with Gasteiger partial charge in [-0.3, -0.25) is 19.9 Å². The van der Waals surface area contributed by atoms with E-state index in [1.165, 1.54) is 24.7 Å². The summed E-state index contributed by atoms with van der Waals surface area (Å²) in [5, 5.41) is 15.8. The zero-order valence-corrected chi connectivity index (χ0v) is 17.4. The van der Waals surface area contributed by atoms with Crippen LogP contribution in [0.1, 0.15) is 58.8 Å². The maximum absolute atomic E-state index is 12.6. The van der Waals surface area contributed by atoms with Crippen LogP contribution in [0, 0.1) is 0 Å². The Balaban J connectivity index is 1.37. The number of aromatic hydroxyl groups is 1. The number of rotatable bonds is 5. The quantitative estimate of drug-likeness (QED) is 0.417. The number of carbonyl (C=O) groups is 2. The summed E-state index contributed by atoms with van der Waals surface area (Å²) in [5.74, 6) is -0.222. The van der Waals surface area contributed by atoms with E-state index in [0.717, 1.165) is 18.4 Å². The van der Waals surface area contributed by atoms with Gasteiger partial charge in [-0.2, -0.15) is 0 Å². The first-order valence-electron chi connectivity index (χ1n) is 10.7.